The lowest BCUT2D eigenvalue weighted by Crippen LogP contribution is -1.95. The fourth-order valence-corrected chi connectivity index (χ4v) is 2.45. The van der Waals surface area contributed by atoms with Gasteiger partial charge in [0.2, 0.25) is 5.89 Å². The number of aromatic nitrogens is 2. The zero-order valence-corrected chi connectivity index (χ0v) is 10.9. The van der Waals surface area contributed by atoms with E-state index >= 15 is 0 Å². The number of hydrogen-bond acceptors (Lipinski definition) is 5. The molecule has 0 aliphatic rings. The fourth-order valence-electron chi connectivity index (χ4n) is 1.29. The largest absolute Gasteiger partial charge is 0.415 e. The van der Waals surface area contributed by atoms with Crippen LogP contribution in [0, 0.1) is 6.92 Å². The average Bonchev–Trinajstić information content (AvgIpc) is 2.76. The second-order valence-corrected chi connectivity index (χ2v) is 4.88. The minimum Gasteiger partial charge on any atom is -0.415 e. The van der Waals surface area contributed by atoms with Crippen LogP contribution in [0.2, 0.25) is 5.02 Å². The second kappa shape index (κ2) is 5.53. The molecule has 0 aliphatic heterocycles. The van der Waals surface area contributed by atoms with Gasteiger partial charge in [-0.25, -0.2) is 0 Å². The predicted octanol–water partition coefficient (Wildman–Crippen LogP) is 2.78. The molecule has 1 aromatic carbocycles. The molecule has 90 valence electrons. The topological polar surface area (TPSA) is 64.9 Å². The van der Waals surface area contributed by atoms with Crippen LogP contribution in [0.25, 0.3) is 0 Å². The molecule has 1 heterocycles. The van der Waals surface area contributed by atoms with E-state index in [2.05, 4.69) is 10.2 Å². The summed E-state index contributed by atoms with van der Waals surface area (Å²) in [6.07, 6.45) is 0. The zero-order chi connectivity index (χ0) is 12.3. The van der Waals surface area contributed by atoms with E-state index in [0.29, 0.717) is 16.9 Å². The van der Waals surface area contributed by atoms with Crippen LogP contribution in [-0.4, -0.2) is 10.2 Å². The summed E-state index contributed by atoms with van der Waals surface area (Å²) in [6.45, 7) is 2.27. The van der Waals surface area contributed by atoms with Crippen LogP contribution in [0.5, 0.6) is 0 Å². The summed E-state index contributed by atoms with van der Waals surface area (Å²) in [4.78, 5) is 0. The van der Waals surface area contributed by atoms with Crippen molar-refractivity contribution in [2.75, 3.05) is 0 Å². The van der Waals surface area contributed by atoms with Crippen molar-refractivity contribution in [1.29, 1.82) is 0 Å². The zero-order valence-electron chi connectivity index (χ0n) is 9.31. The van der Waals surface area contributed by atoms with Gasteiger partial charge in [0.25, 0.3) is 5.22 Å². The standard InChI is InChI=1S/C11H12ClN3OS/c1-7-2-3-8(9(12)4-7)6-17-11-15-14-10(5-13)16-11/h2-4H,5-6,13H2,1H3. The van der Waals surface area contributed by atoms with E-state index in [1.54, 1.807) is 0 Å². The molecule has 1 aromatic heterocycles. The second-order valence-electron chi connectivity index (χ2n) is 3.55. The Bertz CT molecular complexity index is 515. The summed E-state index contributed by atoms with van der Waals surface area (Å²) in [5, 5.41) is 8.94. The number of aryl methyl sites for hydroxylation is 1. The Kier molecular flexibility index (Phi) is 4.04. The molecule has 0 saturated carbocycles. The maximum absolute atomic E-state index is 6.13. The molecular formula is C11H12ClN3OS. The highest BCUT2D eigenvalue weighted by Gasteiger charge is 2.07. The molecule has 0 saturated heterocycles. The van der Waals surface area contributed by atoms with E-state index in [0.717, 1.165) is 16.1 Å². The van der Waals surface area contributed by atoms with Crippen molar-refractivity contribution in [1.82, 2.24) is 10.2 Å². The van der Waals surface area contributed by atoms with E-state index in [1.807, 2.05) is 25.1 Å². The molecule has 0 unspecified atom stereocenters. The summed E-state index contributed by atoms with van der Waals surface area (Å²) >= 11 is 7.58. The van der Waals surface area contributed by atoms with E-state index in [9.17, 15) is 0 Å². The van der Waals surface area contributed by atoms with Crippen LogP contribution in [0.4, 0.5) is 0 Å². The molecule has 2 aromatic rings. The highest BCUT2D eigenvalue weighted by molar-refractivity contribution is 7.98. The molecule has 2 rings (SSSR count). The van der Waals surface area contributed by atoms with Crippen LogP contribution >= 0.6 is 23.4 Å². The normalized spacial score (nSPS) is 10.8. The van der Waals surface area contributed by atoms with Crippen molar-refractivity contribution < 1.29 is 4.42 Å². The number of rotatable bonds is 4. The van der Waals surface area contributed by atoms with Gasteiger partial charge in [-0.05, 0) is 24.1 Å². The summed E-state index contributed by atoms with van der Waals surface area (Å²) in [5.41, 5.74) is 7.58. The van der Waals surface area contributed by atoms with Crippen LogP contribution < -0.4 is 5.73 Å². The van der Waals surface area contributed by atoms with E-state index in [-0.39, 0.29) is 6.54 Å². The molecule has 0 fully saturated rings. The third kappa shape index (κ3) is 3.21. The highest BCUT2D eigenvalue weighted by atomic mass is 35.5. The number of nitrogens with zero attached hydrogens (tertiary/aromatic N) is 2. The van der Waals surface area contributed by atoms with Crippen molar-refractivity contribution in [2.24, 2.45) is 5.73 Å². The van der Waals surface area contributed by atoms with E-state index < -0.39 is 0 Å². The fraction of sp³-hybridized carbons (Fsp3) is 0.273. The number of halogens is 1. The van der Waals surface area contributed by atoms with Crippen molar-refractivity contribution in [3.8, 4) is 0 Å². The van der Waals surface area contributed by atoms with E-state index in [1.165, 1.54) is 11.8 Å². The molecule has 0 atom stereocenters. The molecule has 0 radical (unpaired) electrons. The van der Waals surface area contributed by atoms with Gasteiger partial charge in [0.05, 0.1) is 6.54 Å². The smallest absolute Gasteiger partial charge is 0.276 e. The Morgan fingerprint density at radius 1 is 1.41 bits per heavy atom. The van der Waals surface area contributed by atoms with Gasteiger partial charge in [0, 0.05) is 10.8 Å². The van der Waals surface area contributed by atoms with Gasteiger partial charge in [-0.15, -0.1) is 10.2 Å². The van der Waals surface area contributed by atoms with Gasteiger partial charge in [-0.3, -0.25) is 0 Å². The predicted molar refractivity (Wildman–Crippen MR) is 67.9 cm³/mol. The highest BCUT2D eigenvalue weighted by Crippen LogP contribution is 2.26. The lowest BCUT2D eigenvalue weighted by Gasteiger charge is -2.02. The Morgan fingerprint density at radius 3 is 2.88 bits per heavy atom. The molecule has 17 heavy (non-hydrogen) atoms. The molecule has 0 amide bonds. The first-order valence-electron chi connectivity index (χ1n) is 5.09. The first kappa shape index (κ1) is 12.4. The third-order valence-electron chi connectivity index (χ3n) is 2.18. The van der Waals surface area contributed by atoms with Gasteiger partial charge in [-0.2, -0.15) is 0 Å². The Hall–Kier alpha value is -1.04. The van der Waals surface area contributed by atoms with Gasteiger partial charge >= 0.3 is 0 Å². The minimum atomic E-state index is 0.263. The number of hydrogen-bond donors (Lipinski definition) is 1. The van der Waals surface area contributed by atoms with E-state index in [4.69, 9.17) is 21.8 Å². The molecule has 0 spiro atoms. The van der Waals surface area contributed by atoms with Crippen LogP contribution in [-0.2, 0) is 12.3 Å². The molecule has 0 bridgehead atoms. The van der Waals surface area contributed by atoms with Crippen molar-refractivity contribution in [3.63, 3.8) is 0 Å². The van der Waals surface area contributed by atoms with Gasteiger partial charge < -0.3 is 10.2 Å². The first-order valence-corrected chi connectivity index (χ1v) is 6.45. The molecule has 4 nitrogen and oxygen atoms in total. The molecular weight excluding hydrogens is 258 g/mol. The third-order valence-corrected chi connectivity index (χ3v) is 3.40. The Balaban J connectivity index is 2.02. The van der Waals surface area contributed by atoms with Gasteiger partial charge in [-0.1, -0.05) is 35.5 Å². The quantitative estimate of drug-likeness (QED) is 0.865. The number of nitrogens with two attached hydrogens (primary N) is 1. The number of benzene rings is 1. The van der Waals surface area contributed by atoms with Gasteiger partial charge in [0.1, 0.15) is 0 Å². The molecule has 2 N–H and O–H groups in total. The first-order chi connectivity index (χ1) is 8.19. The van der Waals surface area contributed by atoms with Crippen LogP contribution in [0.15, 0.2) is 27.8 Å². The van der Waals surface area contributed by atoms with Crippen molar-refractivity contribution in [3.05, 3.63) is 40.2 Å². The Labute approximate surface area is 109 Å². The van der Waals surface area contributed by atoms with Crippen LogP contribution in [0.3, 0.4) is 0 Å². The summed E-state index contributed by atoms with van der Waals surface area (Å²) in [5.74, 6) is 1.15. The van der Waals surface area contributed by atoms with Crippen LogP contribution in [0.1, 0.15) is 17.0 Å². The Morgan fingerprint density at radius 2 is 2.24 bits per heavy atom. The van der Waals surface area contributed by atoms with Crippen molar-refractivity contribution >= 4 is 23.4 Å². The maximum atomic E-state index is 6.13. The molecule has 6 heteroatoms. The van der Waals surface area contributed by atoms with Gasteiger partial charge in [0.15, 0.2) is 0 Å². The molecule has 0 aliphatic carbocycles. The lowest BCUT2D eigenvalue weighted by atomic mass is 10.2. The summed E-state index contributed by atoms with van der Waals surface area (Å²) in [7, 11) is 0. The summed E-state index contributed by atoms with van der Waals surface area (Å²) < 4.78 is 5.29. The number of thioether (sulfide) groups is 1. The minimum absolute atomic E-state index is 0.263. The SMILES string of the molecule is Cc1ccc(CSc2nnc(CN)o2)c(Cl)c1. The lowest BCUT2D eigenvalue weighted by molar-refractivity contribution is 0.415. The monoisotopic (exact) mass is 269 g/mol. The maximum Gasteiger partial charge on any atom is 0.276 e. The summed E-state index contributed by atoms with van der Waals surface area (Å²) in [6, 6.07) is 5.97. The van der Waals surface area contributed by atoms with Crippen molar-refractivity contribution in [2.45, 2.75) is 24.4 Å². The average molecular weight is 270 g/mol.